The topological polar surface area (TPSA) is 101 Å². The summed E-state index contributed by atoms with van der Waals surface area (Å²) in [6.45, 7) is 7.73. The van der Waals surface area contributed by atoms with Crippen molar-refractivity contribution in [3.8, 4) is 0 Å². The molecule has 1 aliphatic rings. The van der Waals surface area contributed by atoms with Gasteiger partial charge in [0, 0.05) is 28.6 Å². The molecule has 182 valence electrons. The Labute approximate surface area is 204 Å². The van der Waals surface area contributed by atoms with Crippen LogP contribution in [0.4, 0.5) is 11.5 Å². The smallest absolute Gasteiger partial charge is 0.329 e. The van der Waals surface area contributed by atoms with Crippen LogP contribution in [0.1, 0.15) is 50.9 Å². The molecular formula is C27H30N4O4. The molecule has 0 saturated carbocycles. The number of benzene rings is 2. The van der Waals surface area contributed by atoms with Crippen LogP contribution >= 0.6 is 0 Å². The average Bonchev–Trinajstić information content (AvgIpc) is 3.33. The average molecular weight is 475 g/mol. The van der Waals surface area contributed by atoms with E-state index in [-0.39, 0.29) is 11.7 Å². The largest absolute Gasteiger partial charge is 0.453 e. The predicted molar refractivity (Wildman–Crippen MR) is 134 cm³/mol. The van der Waals surface area contributed by atoms with Crippen LogP contribution in [0.2, 0.25) is 0 Å². The molecule has 2 heterocycles. The normalized spacial score (nSPS) is 16.7. The summed E-state index contributed by atoms with van der Waals surface area (Å²) < 4.78 is 5.61. The number of carbonyl (C=O) groups is 3. The molecule has 0 aliphatic carbocycles. The van der Waals surface area contributed by atoms with E-state index >= 15 is 0 Å². The zero-order valence-electron chi connectivity index (χ0n) is 20.4. The zero-order valence-corrected chi connectivity index (χ0v) is 20.4. The van der Waals surface area contributed by atoms with Gasteiger partial charge in [0.2, 0.25) is 11.7 Å². The van der Waals surface area contributed by atoms with Crippen molar-refractivity contribution in [3.05, 3.63) is 60.4 Å². The van der Waals surface area contributed by atoms with Crippen molar-refractivity contribution in [3.63, 3.8) is 0 Å². The van der Waals surface area contributed by atoms with Crippen molar-refractivity contribution in [1.82, 2.24) is 9.97 Å². The number of anilines is 2. The number of ketones is 1. The molecule has 0 bridgehead atoms. The summed E-state index contributed by atoms with van der Waals surface area (Å²) in [5.74, 6) is -0.164. The van der Waals surface area contributed by atoms with E-state index in [1.54, 1.807) is 31.2 Å². The standard InChI is InChI=1S/C27H30N4O4/c1-17(23(32)18-11-13-19(14-12-18)30-26(34)27(2,3)4)35-25(33)22-10-7-15-31(22)24-20-8-5-6-9-21(20)28-16-29-24/h5-6,8-9,11-14,16-17,22H,7,10,15H2,1-4H3,(H,30,34)/t17-,22+/m0/s1. The number of amides is 1. The second-order valence-corrected chi connectivity index (χ2v) is 9.79. The fraction of sp³-hybridized carbons (Fsp3) is 0.370. The first-order valence-electron chi connectivity index (χ1n) is 11.8. The SMILES string of the molecule is C[C@H](OC(=O)[C@H]1CCCN1c1ncnc2ccccc12)C(=O)c1ccc(NC(=O)C(C)(C)C)cc1. The van der Waals surface area contributed by atoms with Crippen LogP contribution in [-0.2, 0) is 14.3 Å². The van der Waals surface area contributed by atoms with Crippen molar-refractivity contribution in [2.45, 2.75) is 52.7 Å². The molecule has 1 fully saturated rings. The van der Waals surface area contributed by atoms with Crippen molar-refractivity contribution in [1.29, 1.82) is 0 Å². The Bertz CT molecular complexity index is 1240. The van der Waals surface area contributed by atoms with Gasteiger partial charge >= 0.3 is 5.97 Å². The van der Waals surface area contributed by atoms with Gasteiger partial charge in [-0.1, -0.05) is 32.9 Å². The van der Waals surface area contributed by atoms with Gasteiger partial charge in [0.25, 0.3) is 0 Å². The highest BCUT2D eigenvalue weighted by atomic mass is 16.5. The number of esters is 1. The lowest BCUT2D eigenvalue weighted by molar-refractivity contribution is -0.147. The Morgan fingerprint density at radius 2 is 1.77 bits per heavy atom. The first-order valence-corrected chi connectivity index (χ1v) is 11.8. The quantitative estimate of drug-likeness (QED) is 0.417. The van der Waals surface area contributed by atoms with Crippen LogP contribution in [0.5, 0.6) is 0 Å². The van der Waals surface area contributed by atoms with Crippen LogP contribution < -0.4 is 10.2 Å². The third-order valence-corrected chi connectivity index (χ3v) is 6.09. The first-order chi connectivity index (χ1) is 16.6. The molecule has 0 spiro atoms. The minimum Gasteiger partial charge on any atom is -0.453 e. The summed E-state index contributed by atoms with van der Waals surface area (Å²) in [4.78, 5) is 48.8. The van der Waals surface area contributed by atoms with Crippen molar-refractivity contribution < 1.29 is 19.1 Å². The molecule has 35 heavy (non-hydrogen) atoms. The summed E-state index contributed by atoms with van der Waals surface area (Å²) >= 11 is 0. The van der Waals surface area contributed by atoms with Gasteiger partial charge in [-0.2, -0.15) is 0 Å². The summed E-state index contributed by atoms with van der Waals surface area (Å²) in [7, 11) is 0. The Hall–Kier alpha value is -3.81. The van der Waals surface area contributed by atoms with E-state index in [1.807, 2.05) is 49.9 Å². The molecule has 1 aromatic heterocycles. The molecule has 8 heteroatoms. The van der Waals surface area contributed by atoms with E-state index in [9.17, 15) is 14.4 Å². The van der Waals surface area contributed by atoms with Gasteiger partial charge in [0.05, 0.1) is 5.52 Å². The summed E-state index contributed by atoms with van der Waals surface area (Å²) in [5.41, 5.74) is 1.29. The number of nitrogens with one attached hydrogen (secondary N) is 1. The first kappa shape index (κ1) is 24.3. The van der Waals surface area contributed by atoms with E-state index in [0.29, 0.717) is 30.0 Å². The Balaban J connectivity index is 1.43. The summed E-state index contributed by atoms with van der Waals surface area (Å²) in [5, 5.41) is 3.70. The fourth-order valence-corrected chi connectivity index (χ4v) is 4.06. The number of hydrogen-bond acceptors (Lipinski definition) is 7. The summed E-state index contributed by atoms with van der Waals surface area (Å²) in [6, 6.07) is 13.7. The van der Waals surface area contributed by atoms with Crippen LogP contribution in [-0.4, -0.2) is 46.3 Å². The van der Waals surface area contributed by atoms with Crippen molar-refractivity contribution in [2.24, 2.45) is 5.41 Å². The molecular weight excluding hydrogens is 444 g/mol. The number of hydrogen-bond donors (Lipinski definition) is 1. The molecule has 8 nitrogen and oxygen atoms in total. The minimum absolute atomic E-state index is 0.114. The highest BCUT2D eigenvalue weighted by Gasteiger charge is 2.35. The van der Waals surface area contributed by atoms with Crippen molar-refractivity contribution in [2.75, 3.05) is 16.8 Å². The van der Waals surface area contributed by atoms with Gasteiger partial charge < -0.3 is 15.0 Å². The third-order valence-electron chi connectivity index (χ3n) is 6.09. The van der Waals surface area contributed by atoms with E-state index in [2.05, 4.69) is 15.3 Å². The number of aromatic nitrogens is 2. The van der Waals surface area contributed by atoms with Gasteiger partial charge in [0.1, 0.15) is 18.2 Å². The number of para-hydroxylation sites is 1. The van der Waals surface area contributed by atoms with Crippen LogP contribution in [0.25, 0.3) is 10.9 Å². The Morgan fingerprint density at radius 3 is 2.49 bits per heavy atom. The monoisotopic (exact) mass is 474 g/mol. The summed E-state index contributed by atoms with van der Waals surface area (Å²) in [6.07, 6.45) is 2.00. The molecule has 0 unspecified atom stereocenters. The van der Waals surface area contributed by atoms with Gasteiger partial charge in [-0.25, -0.2) is 14.8 Å². The van der Waals surface area contributed by atoms with Crippen LogP contribution in [0.15, 0.2) is 54.9 Å². The maximum absolute atomic E-state index is 13.1. The second kappa shape index (κ2) is 9.82. The molecule has 1 saturated heterocycles. The number of nitrogens with zero attached hydrogens (tertiary/aromatic N) is 3. The molecule has 2 aromatic carbocycles. The predicted octanol–water partition coefficient (Wildman–Crippen LogP) is 4.40. The minimum atomic E-state index is -0.942. The van der Waals surface area contributed by atoms with Crippen LogP contribution in [0, 0.1) is 5.41 Å². The fourth-order valence-electron chi connectivity index (χ4n) is 4.06. The Morgan fingerprint density at radius 1 is 1.06 bits per heavy atom. The Kier molecular flexibility index (Phi) is 6.82. The number of ether oxygens (including phenoxy) is 1. The van der Waals surface area contributed by atoms with E-state index in [0.717, 1.165) is 17.3 Å². The number of carbonyl (C=O) groups excluding carboxylic acids is 3. The lowest BCUT2D eigenvalue weighted by Gasteiger charge is -2.26. The second-order valence-electron chi connectivity index (χ2n) is 9.79. The highest BCUT2D eigenvalue weighted by Crippen LogP contribution is 2.30. The molecule has 0 radical (unpaired) electrons. The highest BCUT2D eigenvalue weighted by molar-refractivity contribution is 6.01. The molecule has 2 atom stereocenters. The molecule has 1 N–H and O–H groups in total. The number of Topliss-reactive ketones (excluding diaryl/α,β-unsaturated/α-hetero) is 1. The van der Waals surface area contributed by atoms with Gasteiger partial charge in [-0.15, -0.1) is 0 Å². The van der Waals surface area contributed by atoms with E-state index in [1.165, 1.54) is 6.33 Å². The van der Waals surface area contributed by atoms with E-state index in [4.69, 9.17) is 4.74 Å². The van der Waals surface area contributed by atoms with Gasteiger partial charge in [0.15, 0.2) is 6.10 Å². The lowest BCUT2D eigenvalue weighted by Crippen LogP contribution is -2.40. The molecule has 3 aromatic rings. The van der Waals surface area contributed by atoms with Gasteiger partial charge in [-0.3, -0.25) is 9.59 Å². The molecule has 1 amide bonds. The van der Waals surface area contributed by atoms with E-state index < -0.39 is 23.5 Å². The van der Waals surface area contributed by atoms with Gasteiger partial charge in [-0.05, 0) is 56.2 Å². The number of rotatable bonds is 6. The number of fused-ring (bicyclic) bond motifs is 1. The zero-order chi connectivity index (χ0) is 25.2. The molecule has 4 rings (SSSR count). The lowest BCUT2D eigenvalue weighted by atomic mass is 9.95. The van der Waals surface area contributed by atoms with Crippen LogP contribution in [0.3, 0.4) is 0 Å². The third kappa shape index (κ3) is 5.31. The maximum Gasteiger partial charge on any atom is 0.329 e. The molecule has 1 aliphatic heterocycles. The van der Waals surface area contributed by atoms with Crippen molar-refractivity contribution >= 4 is 40.1 Å². The maximum atomic E-state index is 13.1.